The SMILES string of the molecule is O=C(c1c(O)cccc1O)c1c(O)ccc(O)c1O. The predicted octanol–water partition coefficient (Wildman–Crippen LogP) is 1.45. The molecule has 0 aliphatic rings. The molecule has 0 bridgehead atoms. The summed E-state index contributed by atoms with van der Waals surface area (Å²) in [5.74, 6) is -4.03. The number of carbonyl (C=O) groups is 1. The van der Waals surface area contributed by atoms with Crippen LogP contribution in [0.1, 0.15) is 15.9 Å². The van der Waals surface area contributed by atoms with Crippen LogP contribution in [0.25, 0.3) is 0 Å². The molecule has 0 saturated heterocycles. The van der Waals surface area contributed by atoms with Gasteiger partial charge in [-0.15, -0.1) is 0 Å². The highest BCUT2D eigenvalue weighted by atomic mass is 16.3. The monoisotopic (exact) mass is 262 g/mol. The molecule has 6 nitrogen and oxygen atoms in total. The van der Waals surface area contributed by atoms with Crippen LogP contribution in [-0.2, 0) is 0 Å². The topological polar surface area (TPSA) is 118 Å². The van der Waals surface area contributed by atoms with Gasteiger partial charge in [0, 0.05) is 0 Å². The van der Waals surface area contributed by atoms with E-state index in [1.807, 2.05) is 0 Å². The van der Waals surface area contributed by atoms with Gasteiger partial charge >= 0.3 is 0 Å². The van der Waals surface area contributed by atoms with Gasteiger partial charge < -0.3 is 25.5 Å². The van der Waals surface area contributed by atoms with Gasteiger partial charge in [0.25, 0.3) is 0 Å². The Bertz CT molecular complexity index is 642. The van der Waals surface area contributed by atoms with Gasteiger partial charge in [0.15, 0.2) is 11.5 Å². The number of phenolic OH excluding ortho intramolecular Hbond substituents is 5. The molecule has 2 aromatic carbocycles. The van der Waals surface area contributed by atoms with Crippen LogP contribution in [0.5, 0.6) is 28.7 Å². The highest BCUT2D eigenvalue weighted by Crippen LogP contribution is 2.39. The largest absolute Gasteiger partial charge is 0.507 e. The van der Waals surface area contributed by atoms with E-state index in [1.54, 1.807) is 0 Å². The number of rotatable bonds is 2. The van der Waals surface area contributed by atoms with Crippen LogP contribution in [0.15, 0.2) is 30.3 Å². The molecular weight excluding hydrogens is 252 g/mol. The molecule has 0 spiro atoms. The summed E-state index contributed by atoms with van der Waals surface area (Å²) in [4.78, 5) is 12.1. The Morgan fingerprint density at radius 2 is 1.16 bits per heavy atom. The molecule has 2 aromatic rings. The fourth-order valence-corrected chi connectivity index (χ4v) is 1.68. The molecule has 5 N–H and O–H groups in total. The van der Waals surface area contributed by atoms with E-state index in [1.165, 1.54) is 18.2 Å². The summed E-state index contributed by atoms with van der Waals surface area (Å²) in [7, 11) is 0. The lowest BCUT2D eigenvalue weighted by molar-refractivity contribution is 0.102. The second-order valence-corrected chi connectivity index (χ2v) is 3.83. The maximum atomic E-state index is 12.1. The molecule has 0 radical (unpaired) electrons. The first-order valence-corrected chi connectivity index (χ1v) is 5.23. The Balaban J connectivity index is 2.67. The Labute approximate surface area is 107 Å². The molecule has 0 atom stereocenters. The zero-order chi connectivity index (χ0) is 14.2. The van der Waals surface area contributed by atoms with Gasteiger partial charge in [-0.1, -0.05) is 6.07 Å². The van der Waals surface area contributed by atoms with E-state index >= 15 is 0 Å². The number of carbonyl (C=O) groups excluding carboxylic acids is 1. The molecule has 6 heteroatoms. The van der Waals surface area contributed by atoms with Crippen molar-refractivity contribution in [2.75, 3.05) is 0 Å². The highest BCUT2D eigenvalue weighted by molar-refractivity contribution is 6.15. The highest BCUT2D eigenvalue weighted by Gasteiger charge is 2.25. The number of benzene rings is 2. The Kier molecular flexibility index (Phi) is 2.92. The molecule has 0 heterocycles. The van der Waals surface area contributed by atoms with Crippen LogP contribution in [0.4, 0.5) is 0 Å². The number of ketones is 1. The zero-order valence-electron chi connectivity index (χ0n) is 9.53. The van der Waals surface area contributed by atoms with Crippen molar-refractivity contribution < 1.29 is 30.3 Å². The van der Waals surface area contributed by atoms with Gasteiger partial charge in [-0.3, -0.25) is 4.79 Å². The van der Waals surface area contributed by atoms with E-state index in [9.17, 15) is 30.3 Å². The average molecular weight is 262 g/mol. The summed E-state index contributed by atoms with van der Waals surface area (Å²) in [6.07, 6.45) is 0. The van der Waals surface area contributed by atoms with Crippen molar-refractivity contribution in [1.29, 1.82) is 0 Å². The fraction of sp³-hybridized carbons (Fsp3) is 0. The molecule has 0 aromatic heterocycles. The molecule has 2 rings (SSSR count). The first-order valence-electron chi connectivity index (χ1n) is 5.23. The van der Waals surface area contributed by atoms with Crippen molar-refractivity contribution in [2.45, 2.75) is 0 Å². The lowest BCUT2D eigenvalue weighted by atomic mass is 9.99. The van der Waals surface area contributed by atoms with Crippen LogP contribution < -0.4 is 0 Å². The molecule has 0 aliphatic heterocycles. The number of hydrogen-bond acceptors (Lipinski definition) is 6. The van der Waals surface area contributed by atoms with Crippen molar-refractivity contribution in [3.8, 4) is 28.7 Å². The van der Waals surface area contributed by atoms with Gasteiger partial charge in [0.2, 0.25) is 5.78 Å². The summed E-state index contributed by atoms with van der Waals surface area (Å²) in [5, 5.41) is 47.6. The van der Waals surface area contributed by atoms with Gasteiger partial charge in [-0.25, -0.2) is 0 Å². The van der Waals surface area contributed by atoms with Crippen molar-refractivity contribution in [1.82, 2.24) is 0 Å². The summed E-state index contributed by atoms with van der Waals surface area (Å²) < 4.78 is 0. The van der Waals surface area contributed by atoms with E-state index in [0.717, 1.165) is 12.1 Å². The Morgan fingerprint density at radius 1 is 0.684 bits per heavy atom. The average Bonchev–Trinajstić information content (AvgIpc) is 2.34. The smallest absolute Gasteiger partial charge is 0.208 e. The summed E-state index contributed by atoms with van der Waals surface area (Å²) in [6.45, 7) is 0. The third-order valence-corrected chi connectivity index (χ3v) is 2.61. The second kappa shape index (κ2) is 4.41. The first kappa shape index (κ1) is 12.6. The molecule has 98 valence electrons. The zero-order valence-corrected chi connectivity index (χ0v) is 9.53. The molecule has 19 heavy (non-hydrogen) atoms. The number of phenols is 5. The minimum absolute atomic E-state index is 0.473. The molecule has 0 unspecified atom stereocenters. The third kappa shape index (κ3) is 1.99. The van der Waals surface area contributed by atoms with E-state index in [2.05, 4.69) is 0 Å². The third-order valence-electron chi connectivity index (χ3n) is 2.61. The van der Waals surface area contributed by atoms with Gasteiger partial charge in [-0.2, -0.15) is 0 Å². The lowest BCUT2D eigenvalue weighted by Gasteiger charge is -2.10. The van der Waals surface area contributed by atoms with E-state index in [4.69, 9.17) is 0 Å². The number of hydrogen-bond donors (Lipinski definition) is 5. The van der Waals surface area contributed by atoms with Crippen molar-refractivity contribution in [3.63, 3.8) is 0 Å². The van der Waals surface area contributed by atoms with Crippen LogP contribution >= 0.6 is 0 Å². The van der Waals surface area contributed by atoms with Crippen molar-refractivity contribution in [2.24, 2.45) is 0 Å². The maximum Gasteiger partial charge on any atom is 0.208 e. The maximum absolute atomic E-state index is 12.1. The summed E-state index contributed by atoms with van der Waals surface area (Å²) >= 11 is 0. The van der Waals surface area contributed by atoms with E-state index in [0.29, 0.717) is 0 Å². The fourth-order valence-electron chi connectivity index (χ4n) is 1.68. The van der Waals surface area contributed by atoms with Crippen LogP contribution in [0, 0.1) is 0 Å². The predicted molar refractivity (Wildman–Crippen MR) is 64.6 cm³/mol. The molecule has 0 saturated carbocycles. The van der Waals surface area contributed by atoms with Crippen LogP contribution in [0.3, 0.4) is 0 Å². The van der Waals surface area contributed by atoms with Gasteiger partial charge in [0.05, 0.1) is 0 Å². The van der Waals surface area contributed by atoms with Gasteiger partial charge in [0.1, 0.15) is 28.4 Å². The summed E-state index contributed by atoms with van der Waals surface area (Å²) in [5.41, 5.74) is -1.07. The summed E-state index contributed by atoms with van der Waals surface area (Å²) in [6, 6.07) is 5.68. The molecule has 0 aliphatic carbocycles. The van der Waals surface area contributed by atoms with Gasteiger partial charge in [-0.05, 0) is 24.3 Å². The first-order chi connectivity index (χ1) is 8.93. The number of aromatic hydroxyl groups is 5. The Hall–Kier alpha value is -2.89. The standard InChI is InChI=1S/C13H10O6/c14-6-2-1-3-7(15)10(6)13(19)11-8(16)4-5-9(17)12(11)18/h1-5,14-18H. The Morgan fingerprint density at radius 3 is 1.74 bits per heavy atom. The molecule has 0 fully saturated rings. The minimum atomic E-state index is -1.01. The van der Waals surface area contributed by atoms with Crippen molar-refractivity contribution >= 4 is 5.78 Å². The van der Waals surface area contributed by atoms with Crippen LogP contribution in [0.2, 0.25) is 0 Å². The van der Waals surface area contributed by atoms with E-state index < -0.39 is 45.7 Å². The molecular formula is C13H10O6. The van der Waals surface area contributed by atoms with Crippen LogP contribution in [-0.4, -0.2) is 31.3 Å². The van der Waals surface area contributed by atoms with E-state index in [-0.39, 0.29) is 0 Å². The van der Waals surface area contributed by atoms with Crippen molar-refractivity contribution in [3.05, 3.63) is 41.5 Å². The lowest BCUT2D eigenvalue weighted by Crippen LogP contribution is -2.03. The minimum Gasteiger partial charge on any atom is -0.507 e. The normalized spacial score (nSPS) is 10.3. The quantitative estimate of drug-likeness (QED) is 0.317. The second-order valence-electron chi connectivity index (χ2n) is 3.83. The molecule has 0 amide bonds.